The molecule has 0 heterocycles. The summed E-state index contributed by atoms with van der Waals surface area (Å²) in [6, 6.07) is 20.4. The standard InChI is InChI=1S/2C12H12O.H2O/c2*13-12-8-4-7-11(12)9-10-5-2-1-3-6-10;/h2*1-6,8,11H,7,9H2;1H2. The molecule has 0 radical (unpaired) electrons. The van der Waals surface area contributed by atoms with Gasteiger partial charge in [-0.05, 0) is 49.0 Å². The fourth-order valence-corrected chi connectivity index (χ4v) is 3.37. The second-order valence-electron chi connectivity index (χ2n) is 6.85. The second kappa shape index (κ2) is 10.4. The molecular formula is C24H26O3. The first-order valence-corrected chi connectivity index (χ1v) is 9.21. The largest absolute Gasteiger partial charge is 0.412 e. The molecule has 2 aliphatic rings. The highest BCUT2D eigenvalue weighted by Gasteiger charge is 2.20. The van der Waals surface area contributed by atoms with Crippen LogP contribution in [0.15, 0.2) is 85.0 Å². The SMILES string of the molecule is O.O=C1C=CCC1Cc1ccccc1.O=C1C=CCC1Cc1ccccc1. The number of carbonyl (C=O) groups is 2. The summed E-state index contributed by atoms with van der Waals surface area (Å²) in [6.45, 7) is 0. The van der Waals surface area contributed by atoms with Crippen LogP contribution in [-0.4, -0.2) is 17.0 Å². The number of benzene rings is 2. The summed E-state index contributed by atoms with van der Waals surface area (Å²) in [4.78, 5) is 22.6. The van der Waals surface area contributed by atoms with Gasteiger partial charge in [0.1, 0.15) is 0 Å². The Bertz CT molecular complexity index is 721. The molecule has 0 amide bonds. The van der Waals surface area contributed by atoms with Crippen molar-refractivity contribution in [1.82, 2.24) is 0 Å². The molecule has 0 spiro atoms. The molecule has 2 aliphatic carbocycles. The molecule has 27 heavy (non-hydrogen) atoms. The van der Waals surface area contributed by atoms with E-state index < -0.39 is 0 Å². The van der Waals surface area contributed by atoms with Crippen LogP contribution in [0.1, 0.15) is 24.0 Å². The maximum Gasteiger partial charge on any atom is 0.159 e. The number of allylic oxidation sites excluding steroid dienone is 4. The van der Waals surface area contributed by atoms with Crippen molar-refractivity contribution in [1.29, 1.82) is 0 Å². The summed E-state index contributed by atoms with van der Waals surface area (Å²) < 4.78 is 0. The van der Waals surface area contributed by atoms with Crippen LogP contribution in [0.3, 0.4) is 0 Å². The molecule has 2 atom stereocenters. The molecule has 0 aliphatic heterocycles. The van der Waals surface area contributed by atoms with Crippen molar-refractivity contribution in [2.45, 2.75) is 25.7 Å². The lowest BCUT2D eigenvalue weighted by Crippen LogP contribution is -2.09. The normalized spacial score (nSPS) is 20.1. The average Bonchev–Trinajstić information content (AvgIpc) is 3.26. The molecule has 2 N–H and O–H groups in total. The van der Waals surface area contributed by atoms with Crippen molar-refractivity contribution in [2.75, 3.05) is 0 Å². The van der Waals surface area contributed by atoms with Gasteiger partial charge < -0.3 is 5.48 Å². The van der Waals surface area contributed by atoms with E-state index in [1.807, 2.05) is 48.6 Å². The molecule has 0 saturated carbocycles. The molecule has 0 bridgehead atoms. The fraction of sp³-hybridized carbons (Fsp3) is 0.250. The molecule has 4 rings (SSSR count). The lowest BCUT2D eigenvalue weighted by atomic mass is 9.97. The molecular weight excluding hydrogens is 336 g/mol. The third-order valence-corrected chi connectivity index (χ3v) is 4.86. The summed E-state index contributed by atoms with van der Waals surface area (Å²) in [5, 5.41) is 0. The zero-order valence-corrected chi connectivity index (χ0v) is 15.4. The molecule has 2 unspecified atom stereocenters. The van der Waals surface area contributed by atoms with Gasteiger partial charge in [0, 0.05) is 11.8 Å². The van der Waals surface area contributed by atoms with Gasteiger partial charge in [0.2, 0.25) is 0 Å². The maximum atomic E-state index is 11.3. The Kier molecular flexibility index (Phi) is 7.90. The minimum absolute atomic E-state index is 0. The fourth-order valence-electron chi connectivity index (χ4n) is 3.37. The van der Waals surface area contributed by atoms with Gasteiger partial charge in [-0.1, -0.05) is 72.8 Å². The molecule has 0 saturated heterocycles. The third-order valence-electron chi connectivity index (χ3n) is 4.86. The van der Waals surface area contributed by atoms with E-state index in [9.17, 15) is 9.59 Å². The Morgan fingerprint density at radius 1 is 0.630 bits per heavy atom. The first-order valence-electron chi connectivity index (χ1n) is 9.21. The molecule has 2 aromatic carbocycles. The van der Waals surface area contributed by atoms with Crippen LogP contribution in [0.5, 0.6) is 0 Å². The Hall–Kier alpha value is -2.78. The first kappa shape index (κ1) is 20.5. The van der Waals surface area contributed by atoms with E-state index in [4.69, 9.17) is 0 Å². The minimum Gasteiger partial charge on any atom is -0.412 e. The lowest BCUT2D eigenvalue weighted by Gasteiger charge is -2.06. The van der Waals surface area contributed by atoms with E-state index in [0.29, 0.717) is 0 Å². The van der Waals surface area contributed by atoms with Crippen LogP contribution in [0.25, 0.3) is 0 Å². The number of rotatable bonds is 4. The zero-order valence-electron chi connectivity index (χ0n) is 15.4. The predicted molar refractivity (Wildman–Crippen MR) is 108 cm³/mol. The van der Waals surface area contributed by atoms with Gasteiger partial charge in [0.05, 0.1) is 0 Å². The van der Waals surface area contributed by atoms with E-state index in [-0.39, 0.29) is 28.9 Å². The number of hydrogen-bond acceptors (Lipinski definition) is 2. The summed E-state index contributed by atoms with van der Waals surface area (Å²) >= 11 is 0. The predicted octanol–water partition coefficient (Wildman–Crippen LogP) is 3.92. The van der Waals surface area contributed by atoms with Gasteiger partial charge >= 0.3 is 0 Å². The van der Waals surface area contributed by atoms with Crippen molar-refractivity contribution < 1.29 is 15.1 Å². The summed E-state index contributed by atoms with van der Waals surface area (Å²) in [5.74, 6) is 0.956. The first-order chi connectivity index (χ1) is 12.7. The number of hydrogen-bond donors (Lipinski definition) is 0. The van der Waals surface area contributed by atoms with Gasteiger partial charge in [0.25, 0.3) is 0 Å². The van der Waals surface area contributed by atoms with E-state index in [0.717, 1.165) is 25.7 Å². The van der Waals surface area contributed by atoms with Crippen molar-refractivity contribution in [3.63, 3.8) is 0 Å². The van der Waals surface area contributed by atoms with Crippen LogP contribution in [0, 0.1) is 11.8 Å². The van der Waals surface area contributed by atoms with E-state index in [1.165, 1.54) is 11.1 Å². The molecule has 0 aromatic heterocycles. The van der Waals surface area contributed by atoms with Crippen molar-refractivity contribution in [3.8, 4) is 0 Å². The second-order valence-corrected chi connectivity index (χ2v) is 6.85. The molecule has 3 nitrogen and oxygen atoms in total. The van der Waals surface area contributed by atoms with Gasteiger partial charge in [0.15, 0.2) is 11.6 Å². The Balaban J connectivity index is 0.000000187. The van der Waals surface area contributed by atoms with Crippen LogP contribution in [0.2, 0.25) is 0 Å². The van der Waals surface area contributed by atoms with Crippen LogP contribution in [0.4, 0.5) is 0 Å². The quantitative estimate of drug-likeness (QED) is 0.827. The Morgan fingerprint density at radius 3 is 1.30 bits per heavy atom. The molecule has 2 aromatic rings. The van der Waals surface area contributed by atoms with Crippen molar-refractivity contribution >= 4 is 11.6 Å². The lowest BCUT2D eigenvalue weighted by molar-refractivity contribution is -0.118. The van der Waals surface area contributed by atoms with Gasteiger partial charge in [-0.3, -0.25) is 9.59 Å². The Labute approximate surface area is 160 Å². The minimum atomic E-state index is 0. The van der Waals surface area contributed by atoms with Crippen LogP contribution >= 0.6 is 0 Å². The van der Waals surface area contributed by atoms with E-state index in [1.54, 1.807) is 12.2 Å². The van der Waals surface area contributed by atoms with Gasteiger partial charge in [-0.2, -0.15) is 0 Å². The van der Waals surface area contributed by atoms with Crippen LogP contribution < -0.4 is 0 Å². The third kappa shape index (κ3) is 6.15. The topological polar surface area (TPSA) is 65.6 Å². The van der Waals surface area contributed by atoms with Crippen molar-refractivity contribution in [2.24, 2.45) is 11.8 Å². The molecule has 3 heteroatoms. The number of carbonyl (C=O) groups excluding carboxylic acids is 2. The summed E-state index contributed by atoms with van der Waals surface area (Å²) in [5.41, 5.74) is 2.51. The maximum absolute atomic E-state index is 11.3. The molecule has 140 valence electrons. The molecule has 0 fully saturated rings. The highest BCUT2D eigenvalue weighted by molar-refractivity contribution is 5.94. The highest BCUT2D eigenvalue weighted by atomic mass is 16.1. The van der Waals surface area contributed by atoms with Crippen molar-refractivity contribution in [3.05, 3.63) is 96.1 Å². The summed E-state index contributed by atoms with van der Waals surface area (Å²) in [6.07, 6.45) is 10.9. The summed E-state index contributed by atoms with van der Waals surface area (Å²) in [7, 11) is 0. The monoisotopic (exact) mass is 362 g/mol. The number of ketones is 2. The van der Waals surface area contributed by atoms with Crippen LogP contribution in [-0.2, 0) is 22.4 Å². The van der Waals surface area contributed by atoms with Gasteiger partial charge in [-0.25, -0.2) is 0 Å². The van der Waals surface area contributed by atoms with Gasteiger partial charge in [-0.15, -0.1) is 0 Å². The highest BCUT2D eigenvalue weighted by Crippen LogP contribution is 2.20. The average molecular weight is 362 g/mol. The Morgan fingerprint density at radius 2 is 1.00 bits per heavy atom. The van der Waals surface area contributed by atoms with E-state index in [2.05, 4.69) is 24.3 Å². The zero-order chi connectivity index (χ0) is 18.2. The smallest absolute Gasteiger partial charge is 0.159 e. The van der Waals surface area contributed by atoms with E-state index >= 15 is 0 Å².